The molecule has 4 N–H and O–H groups in total. The summed E-state index contributed by atoms with van der Waals surface area (Å²) < 4.78 is 7.16. The van der Waals surface area contributed by atoms with Gasteiger partial charge in [-0.25, -0.2) is 9.78 Å². The first-order valence-electron chi connectivity index (χ1n) is 8.68. The fourth-order valence-corrected chi connectivity index (χ4v) is 2.58. The predicted molar refractivity (Wildman–Crippen MR) is 105 cm³/mol. The Morgan fingerprint density at radius 2 is 1.89 bits per heavy atom. The van der Waals surface area contributed by atoms with Crippen LogP contribution in [-0.2, 0) is 17.9 Å². The lowest BCUT2D eigenvalue weighted by atomic mass is 10.1. The van der Waals surface area contributed by atoms with Crippen molar-refractivity contribution in [2.75, 3.05) is 11.9 Å². The molecule has 3 rings (SSSR count). The molecule has 3 amide bonds. The number of hydrogen-bond donors (Lipinski definition) is 3. The van der Waals surface area contributed by atoms with Crippen molar-refractivity contribution in [2.45, 2.75) is 13.1 Å². The number of benzene rings is 2. The maximum absolute atomic E-state index is 12.1. The molecule has 0 aliphatic heterocycles. The van der Waals surface area contributed by atoms with Gasteiger partial charge >= 0.3 is 6.03 Å². The predicted octanol–water partition coefficient (Wildman–Crippen LogP) is 2.12. The van der Waals surface area contributed by atoms with Crippen molar-refractivity contribution in [1.82, 2.24) is 14.9 Å². The quantitative estimate of drug-likeness (QED) is 0.556. The zero-order valence-electron chi connectivity index (χ0n) is 15.2. The van der Waals surface area contributed by atoms with Gasteiger partial charge in [-0.05, 0) is 35.4 Å². The molecule has 8 nitrogen and oxygen atoms in total. The molecule has 0 saturated carbocycles. The SMILES string of the molecule is NC(=O)COc1ccc(NC(=O)NCc2cccc(Cn3ccnc3)c2)cc1. The van der Waals surface area contributed by atoms with E-state index in [1.807, 2.05) is 35.0 Å². The highest BCUT2D eigenvalue weighted by Gasteiger charge is 2.04. The summed E-state index contributed by atoms with van der Waals surface area (Å²) in [6.07, 6.45) is 5.41. The third-order valence-electron chi connectivity index (χ3n) is 3.86. The maximum atomic E-state index is 12.1. The van der Waals surface area contributed by atoms with E-state index in [4.69, 9.17) is 10.5 Å². The van der Waals surface area contributed by atoms with Gasteiger partial charge in [0.2, 0.25) is 0 Å². The molecule has 1 heterocycles. The number of ether oxygens (including phenoxy) is 1. The van der Waals surface area contributed by atoms with Crippen molar-refractivity contribution in [2.24, 2.45) is 5.73 Å². The van der Waals surface area contributed by atoms with Gasteiger partial charge in [0.05, 0.1) is 6.33 Å². The highest BCUT2D eigenvalue weighted by atomic mass is 16.5. The third-order valence-corrected chi connectivity index (χ3v) is 3.86. The molecule has 0 atom stereocenters. The van der Waals surface area contributed by atoms with Crippen LogP contribution >= 0.6 is 0 Å². The lowest BCUT2D eigenvalue weighted by Crippen LogP contribution is -2.28. The Hall–Kier alpha value is -3.81. The van der Waals surface area contributed by atoms with Gasteiger partial charge in [0.25, 0.3) is 5.91 Å². The smallest absolute Gasteiger partial charge is 0.319 e. The van der Waals surface area contributed by atoms with Crippen LogP contribution in [0.15, 0.2) is 67.3 Å². The summed E-state index contributed by atoms with van der Waals surface area (Å²) >= 11 is 0. The van der Waals surface area contributed by atoms with E-state index in [9.17, 15) is 9.59 Å². The van der Waals surface area contributed by atoms with Crippen LogP contribution in [-0.4, -0.2) is 28.1 Å². The lowest BCUT2D eigenvalue weighted by molar-refractivity contribution is -0.119. The molecule has 0 unspecified atom stereocenters. The van der Waals surface area contributed by atoms with E-state index < -0.39 is 5.91 Å². The number of aromatic nitrogens is 2. The summed E-state index contributed by atoms with van der Waals surface area (Å²) in [5.41, 5.74) is 7.77. The summed E-state index contributed by atoms with van der Waals surface area (Å²) in [5.74, 6) is -0.0462. The van der Waals surface area contributed by atoms with Gasteiger partial charge in [0.1, 0.15) is 5.75 Å². The van der Waals surface area contributed by atoms with E-state index in [2.05, 4.69) is 15.6 Å². The van der Waals surface area contributed by atoms with Crippen molar-refractivity contribution in [3.05, 3.63) is 78.4 Å². The zero-order chi connectivity index (χ0) is 19.8. The molecule has 0 aliphatic carbocycles. The zero-order valence-corrected chi connectivity index (χ0v) is 15.2. The second-order valence-electron chi connectivity index (χ2n) is 6.14. The molecule has 0 aliphatic rings. The summed E-state index contributed by atoms with van der Waals surface area (Å²) in [7, 11) is 0. The first kappa shape index (κ1) is 19.0. The van der Waals surface area contributed by atoms with Crippen molar-refractivity contribution < 1.29 is 14.3 Å². The lowest BCUT2D eigenvalue weighted by Gasteiger charge is -2.10. The van der Waals surface area contributed by atoms with Gasteiger partial charge in [-0.3, -0.25) is 4.79 Å². The molecule has 8 heteroatoms. The Labute approximate surface area is 162 Å². The van der Waals surface area contributed by atoms with Crippen LogP contribution in [0.4, 0.5) is 10.5 Å². The number of amides is 3. The topological polar surface area (TPSA) is 111 Å². The minimum atomic E-state index is -0.546. The first-order valence-corrected chi connectivity index (χ1v) is 8.68. The van der Waals surface area contributed by atoms with Crippen LogP contribution < -0.4 is 21.1 Å². The van der Waals surface area contributed by atoms with E-state index in [0.717, 1.165) is 17.7 Å². The van der Waals surface area contributed by atoms with Gasteiger partial charge < -0.3 is 25.7 Å². The number of primary amides is 1. The van der Waals surface area contributed by atoms with E-state index in [1.165, 1.54) is 0 Å². The number of rotatable bonds is 8. The molecular weight excluding hydrogens is 358 g/mol. The summed E-state index contributed by atoms with van der Waals surface area (Å²) in [6.45, 7) is 0.945. The standard InChI is InChI=1S/C20H21N5O3/c21-19(26)13-28-18-6-4-17(5-7-18)24-20(27)23-11-15-2-1-3-16(10-15)12-25-9-8-22-14-25/h1-10,14H,11-13H2,(H2,21,26)(H2,23,24,27). The second-order valence-corrected chi connectivity index (χ2v) is 6.14. The second kappa shape index (κ2) is 9.22. The fraction of sp³-hybridized carbons (Fsp3) is 0.150. The summed E-state index contributed by atoms with van der Waals surface area (Å²) in [4.78, 5) is 26.8. The molecule has 144 valence electrons. The number of urea groups is 1. The fourth-order valence-electron chi connectivity index (χ4n) is 2.58. The molecule has 28 heavy (non-hydrogen) atoms. The number of carbonyl (C=O) groups is 2. The van der Waals surface area contributed by atoms with E-state index >= 15 is 0 Å². The number of nitrogens with one attached hydrogen (secondary N) is 2. The molecule has 0 spiro atoms. The molecule has 3 aromatic rings. The van der Waals surface area contributed by atoms with Gasteiger partial charge in [0.15, 0.2) is 6.61 Å². The van der Waals surface area contributed by atoms with Gasteiger partial charge in [-0.1, -0.05) is 24.3 Å². The normalized spacial score (nSPS) is 10.3. The van der Waals surface area contributed by atoms with Crippen LogP contribution in [0.25, 0.3) is 0 Å². The Morgan fingerprint density at radius 1 is 1.11 bits per heavy atom. The average Bonchev–Trinajstić information content (AvgIpc) is 3.19. The van der Waals surface area contributed by atoms with Crippen molar-refractivity contribution >= 4 is 17.6 Å². The number of nitrogens with two attached hydrogens (primary N) is 1. The molecule has 0 saturated heterocycles. The molecule has 0 bridgehead atoms. The highest BCUT2D eigenvalue weighted by Crippen LogP contribution is 2.15. The molecular formula is C20H21N5O3. The minimum Gasteiger partial charge on any atom is -0.484 e. The van der Waals surface area contributed by atoms with Crippen molar-refractivity contribution in [1.29, 1.82) is 0 Å². The number of hydrogen-bond acceptors (Lipinski definition) is 4. The van der Waals surface area contributed by atoms with Crippen LogP contribution in [0.5, 0.6) is 5.75 Å². The molecule has 1 aromatic heterocycles. The van der Waals surface area contributed by atoms with Crippen LogP contribution in [0.2, 0.25) is 0 Å². The van der Waals surface area contributed by atoms with Crippen LogP contribution in [0.1, 0.15) is 11.1 Å². The third kappa shape index (κ3) is 5.87. The van der Waals surface area contributed by atoms with Gasteiger partial charge in [-0.2, -0.15) is 0 Å². The highest BCUT2D eigenvalue weighted by molar-refractivity contribution is 5.89. The monoisotopic (exact) mass is 379 g/mol. The average molecular weight is 379 g/mol. The van der Waals surface area contributed by atoms with Gasteiger partial charge in [0, 0.05) is 31.2 Å². The van der Waals surface area contributed by atoms with E-state index in [-0.39, 0.29) is 12.6 Å². The number of nitrogens with zero attached hydrogens (tertiary/aromatic N) is 2. The maximum Gasteiger partial charge on any atom is 0.319 e. The van der Waals surface area contributed by atoms with Crippen molar-refractivity contribution in [3.8, 4) is 5.75 Å². The van der Waals surface area contributed by atoms with E-state index in [1.54, 1.807) is 36.8 Å². The number of imidazole rings is 1. The number of carbonyl (C=O) groups excluding carboxylic acids is 2. The molecule has 0 radical (unpaired) electrons. The largest absolute Gasteiger partial charge is 0.484 e. The van der Waals surface area contributed by atoms with Gasteiger partial charge in [-0.15, -0.1) is 0 Å². The summed E-state index contributed by atoms with van der Waals surface area (Å²) in [6, 6.07) is 14.4. The Balaban J connectivity index is 1.48. The minimum absolute atomic E-state index is 0.187. The molecule has 0 fully saturated rings. The van der Waals surface area contributed by atoms with Crippen LogP contribution in [0, 0.1) is 0 Å². The van der Waals surface area contributed by atoms with E-state index in [0.29, 0.717) is 18.0 Å². The Bertz CT molecular complexity index is 923. The summed E-state index contributed by atoms with van der Waals surface area (Å²) in [5, 5.41) is 5.57. The first-order chi connectivity index (χ1) is 13.6. The molecule has 2 aromatic carbocycles. The Morgan fingerprint density at radius 3 is 2.61 bits per heavy atom. The number of anilines is 1. The van der Waals surface area contributed by atoms with Crippen molar-refractivity contribution in [3.63, 3.8) is 0 Å². The van der Waals surface area contributed by atoms with Crippen LogP contribution in [0.3, 0.4) is 0 Å². The Kier molecular flexibility index (Phi) is 6.25.